The van der Waals surface area contributed by atoms with Crippen LogP contribution in [0.25, 0.3) is 0 Å². The number of hydrogen-bond acceptors (Lipinski definition) is 3. The molecule has 2 rings (SSSR count). The highest BCUT2D eigenvalue weighted by Crippen LogP contribution is 2.39. The molecule has 1 aromatic heterocycles. The first-order chi connectivity index (χ1) is 9.03. The number of nitrogens with zero attached hydrogens (tertiary/aromatic N) is 1. The molecule has 1 aromatic rings. The van der Waals surface area contributed by atoms with Crippen LogP contribution in [-0.2, 0) is 0 Å². The van der Waals surface area contributed by atoms with Crippen molar-refractivity contribution in [2.75, 3.05) is 11.9 Å². The predicted octanol–water partition coefficient (Wildman–Crippen LogP) is 2.82. The second-order valence-corrected chi connectivity index (χ2v) is 5.81. The Morgan fingerprint density at radius 3 is 2.84 bits per heavy atom. The molecule has 4 heteroatoms. The van der Waals surface area contributed by atoms with Crippen LogP contribution in [0.3, 0.4) is 0 Å². The summed E-state index contributed by atoms with van der Waals surface area (Å²) < 4.78 is 0. The van der Waals surface area contributed by atoms with Crippen LogP contribution in [0.4, 0.5) is 5.82 Å². The van der Waals surface area contributed by atoms with E-state index in [9.17, 15) is 4.79 Å². The maximum absolute atomic E-state index is 12.3. The first kappa shape index (κ1) is 13.8. The Kier molecular flexibility index (Phi) is 4.08. The van der Waals surface area contributed by atoms with Crippen molar-refractivity contribution >= 4 is 11.7 Å². The van der Waals surface area contributed by atoms with Crippen molar-refractivity contribution < 1.29 is 4.79 Å². The van der Waals surface area contributed by atoms with Gasteiger partial charge in [-0.05, 0) is 51.2 Å². The fourth-order valence-electron chi connectivity index (χ4n) is 2.19. The number of carbonyl (C=O) groups is 1. The van der Waals surface area contributed by atoms with Gasteiger partial charge in [-0.25, -0.2) is 4.98 Å². The van der Waals surface area contributed by atoms with E-state index in [0.29, 0.717) is 11.5 Å². The third-order valence-corrected chi connectivity index (χ3v) is 3.61. The van der Waals surface area contributed by atoms with Gasteiger partial charge in [-0.2, -0.15) is 0 Å². The van der Waals surface area contributed by atoms with Crippen LogP contribution in [0.1, 0.15) is 50.4 Å². The number of aromatic nitrogens is 1. The van der Waals surface area contributed by atoms with Crippen LogP contribution < -0.4 is 10.6 Å². The lowest BCUT2D eigenvalue weighted by Crippen LogP contribution is -2.45. The van der Waals surface area contributed by atoms with Gasteiger partial charge in [0.2, 0.25) is 0 Å². The molecule has 104 valence electrons. The third-order valence-electron chi connectivity index (χ3n) is 3.61. The van der Waals surface area contributed by atoms with Gasteiger partial charge in [-0.15, -0.1) is 0 Å². The molecule has 2 N–H and O–H groups in total. The minimum Gasteiger partial charge on any atom is -0.370 e. The first-order valence-electron chi connectivity index (χ1n) is 7.05. The van der Waals surface area contributed by atoms with Crippen LogP contribution in [0.2, 0.25) is 0 Å². The van der Waals surface area contributed by atoms with Crippen molar-refractivity contribution in [3.05, 3.63) is 23.9 Å². The Balaban J connectivity index is 2.02. The monoisotopic (exact) mass is 261 g/mol. The van der Waals surface area contributed by atoms with Gasteiger partial charge in [-0.3, -0.25) is 4.79 Å². The summed E-state index contributed by atoms with van der Waals surface area (Å²) in [6.45, 7) is 7.16. The minimum absolute atomic E-state index is 0.0150. The van der Waals surface area contributed by atoms with Gasteiger partial charge in [0.25, 0.3) is 5.91 Å². The van der Waals surface area contributed by atoms with Crippen LogP contribution in [-0.4, -0.2) is 23.0 Å². The van der Waals surface area contributed by atoms with E-state index in [4.69, 9.17) is 0 Å². The molecule has 1 heterocycles. The summed E-state index contributed by atoms with van der Waals surface area (Å²) in [5, 5.41) is 6.32. The van der Waals surface area contributed by atoms with Crippen molar-refractivity contribution in [3.8, 4) is 0 Å². The molecule has 0 spiro atoms. The lowest BCUT2D eigenvalue weighted by molar-refractivity contribution is 0.0903. The number of amides is 1. The van der Waals surface area contributed by atoms with E-state index in [2.05, 4.69) is 36.4 Å². The Morgan fingerprint density at radius 2 is 2.21 bits per heavy atom. The van der Waals surface area contributed by atoms with Gasteiger partial charge < -0.3 is 10.6 Å². The zero-order valence-electron chi connectivity index (χ0n) is 12.0. The smallest absolute Gasteiger partial charge is 0.251 e. The molecule has 0 radical (unpaired) electrons. The molecular formula is C15H23N3O. The summed E-state index contributed by atoms with van der Waals surface area (Å²) in [7, 11) is 0. The molecule has 4 nitrogen and oxygen atoms in total. The van der Waals surface area contributed by atoms with Gasteiger partial charge in [-0.1, -0.05) is 6.92 Å². The lowest BCUT2D eigenvalue weighted by Gasteiger charge is -2.26. The largest absolute Gasteiger partial charge is 0.370 e. The summed E-state index contributed by atoms with van der Waals surface area (Å²) in [5.74, 6) is 1.37. The number of pyridine rings is 1. The maximum Gasteiger partial charge on any atom is 0.251 e. The zero-order chi connectivity index (χ0) is 13.9. The predicted molar refractivity (Wildman–Crippen MR) is 77.3 cm³/mol. The quantitative estimate of drug-likeness (QED) is 0.828. The summed E-state index contributed by atoms with van der Waals surface area (Å²) in [6, 6.07) is 3.57. The Bertz CT molecular complexity index is 452. The average molecular weight is 261 g/mol. The lowest BCUT2D eigenvalue weighted by atomic mass is 9.98. The molecular weight excluding hydrogens is 238 g/mol. The van der Waals surface area contributed by atoms with Crippen molar-refractivity contribution in [2.24, 2.45) is 5.92 Å². The zero-order valence-corrected chi connectivity index (χ0v) is 12.0. The molecule has 19 heavy (non-hydrogen) atoms. The Labute approximate surface area is 115 Å². The van der Waals surface area contributed by atoms with Gasteiger partial charge in [0.05, 0.1) is 0 Å². The maximum atomic E-state index is 12.3. The SMILES string of the molecule is CCCNc1cc(C(=O)NC(C)(C)C2CC2)ccn1. The van der Waals surface area contributed by atoms with Crippen molar-refractivity contribution in [1.29, 1.82) is 0 Å². The normalized spacial score (nSPS) is 15.1. The number of nitrogens with one attached hydrogen (secondary N) is 2. The van der Waals surface area contributed by atoms with Crippen LogP contribution in [0.5, 0.6) is 0 Å². The van der Waals surface area contributed by atoms with E-state index in [1.54, 1.807) is 12.3 Å². The highest BCUT2D eigenvalue weighted by Gasteiger charge is 2.38. The van der Waals surface area contributed by atoms with Crippen molar-refractivity contribution in [1.82, 2.24) is 10.3 Å². The topological polar surface area (TPSA) is 54.0 Å². The summed E-state index contributed by atoms with van der Waals surface area (Å²) in [4.78, 5) is 16.5. The van der Waals surface area contributed by atoms with Crippen molar-refractivity contribution in [3.63, 3.8) is 0 Å². The molecule has 1 fully saturated rings. The highest BCUT2D eigenvalue weighted by molar-refractivity contribution is 5.95. The van der Waals surface area contributed by atoms with E-state index < -0.39 is 0 Å². The molecule has 0 aromatic carbocycles. The second-order valence-electron chi connectivity index (χ2n) is 5.81. The molecule has 1 aliphatic carbocycles. The van der Waals surface area contributed by atoms with E-state index >= 15 is 0 Å². The van der Waals surface area contributed by atoms with Crippen LogP contribution in [0, 0.1) is 5.92 Å². The number of rotatable bonds is 6. The van der Waals surface area contributed by atoms with Gasteiger partial charge >= 0.3 is 0 Å². The Hall–Kier alpha value is -1.58. The van der Waals surface area contributed by atoms with Crippen LogP contribution in [0.15, 0.2) is 18.3 Å². The van der Waals surface area contributed by atoms with Gasteiger partial charge in [0.15, 0.2) is 0 Å². The highest BCUT2D eigenvalue weighted by atomic mass is 16.1. The second kappa shape index (κ2) is 5.59. The first-order valence-corrected chi connectivity index (χ1v) is 7.05. The van der Waals surface area contributed by atoms with Crippen molar-refractivity contribution in [2.45, 2.75) is 45.6 Å². The number of carbonyl (C=O) groups excluding carboxylic acids is 1. The summed E-state index contributed by atoms with van der Waals surface area (Å²) in [5.41, 5.74) is 0.555. The van der Waals surface area contributed by atoms with E-state index in [-0.39, 0.29) is 11.4 Å². The molecule has 0 saturated heterocycles. The molecule has 1 amide bonds. The molecule has 1 aliphatic rings. The van der Waals surface area contributed by atoms with Gasteiger partial charge in [0.1, 0.15) is 5.82 Å². The molecule has 1 saturated carbocycles. The van der Waals surface area contributed by atoms with E-state index in [0.717, 1.165) is 18.8 Å². The molecule has 0 unspecified atom stereocenters. The molecule has 0 atom stereocenters. The standard InChI is InChI=1S/C15H23N3O/c1-4-8-16-13-10-11(7-9-17-13)14(19)18-15(2,3)12-5-6-12/h7,9-10,12H,4-6,8H2,1-3H3,(H,16,17)(H,18,19). The average Bonchev–Trinajstić information content (AvgIpc) is 3.20. The fourth-order valence-corrected chi connectivity index (χ4v) is 2.19. The summed E-state index contributed by atoms with van der Waals surface area (Å²) in [6.07, 6.45) is 5.14. The molecule has 0 bridgehead atoms. The summed E-state index contributed by atoms with van der Waals surface area (Å²) >= 11 is 0. The van der Waals surface area contributed by atoms with E-state index in [1.807, 2.05) is 6.07 Å². The molecule has 0 aliphatic heterocycles. The minimum atomic E-state index is -0.114. The number of hydrogen-bond donors (Lipinski definition) is 2. The van der Waals surface area contributed by atoms with Gasteiger partial charge in [0, 0.05) is 23.8 Å². The fraction of sp³-hybridized carbons (Fsp3) is 0.600. The number of anilines is 1. The Morgan fingerprint density at radius 1 is 1.47 bits per heavy atom. The third kappa shape index (κ3) is 3.69. The van der Waals surface area contributed by atoms with E-state index in [1.165, 1.54) is 12.8 Å². The van der Waals surface area contributed by atoms with Crippen LogP contribution >= 0.6 is 0 Å².